The molecule has 0 saturated carbocycles. The van der Waals surface area contributed by atoms with Crippen LogP contribution < -0.4 is 14.8 Å². The number of halogens is 1. The molecule has 1 aromatic heterocycles. The lowest BCUT2D eigenvalue weighted by Gasteiger charge is -2.30. The molecule has 10 nitrogen and oxygen atoms in total. The summed E-state index contributed by atoms with van der Waals surface area (Å²) in [4.78, 5) is 12.7. The fourth-order valence-electron chi connectivity index (χ4n) is 3.69. The van der Waals surface area contributed by atoms with E-state index in [-0.39, 0.29) is 35.8 Å². The minimum atomic E-state index is -3.75. The van der Waals surface area contributed by atoms with E-state index < -0.39 is 21.8 Å². The van der Waals surface area contributed by atoms with Gasteiger partial charge in [-0.05, 0) is 55.3 Å². The largest absolute Gasteiger partial charge is 0.497 e. The van der Waals surface area contributed by atoms with Gasteiger partial charge in [0.15, 0.2) is 0 Å². The molecule has 0 atom stereocenters. The lowest BCUT2D eigenvalue weighted by atomic mass is 9.97. The molecule has 1 aliphatic heterocycles. The second kappa shape index (κ2) is 9.77. The Morgan fingerprint density at radius 2 is 1.79 bits per heavy atom. The van der Waals surface area contributed by atoms with Crippen molar-refractivity contribution in [1.82, 2.24) is 14.5 Å². The molecule has 12 heteroatoms. The highest BCUT2D eigenvalue weighted by molar-refractivity contribution is 7.89. The van der Waals surface area contributed by atoms with Crippen LogP contribution in [0.1, 0.15) is 12.8 Å². The van der Waals surface area contributed by atoms with Gasteiger partial charge in [-0.25, -0.2) is 12.8 Å². The Hall–Kier alpha value is -3.51. The number of methoxy groups -OCH3 is 2. The molecule has 1 fully saturated rings. The molecule has 3 aromatic rings. The van der Waals surface area contributed by atoms with E-state index in [0.29, 0.717) is 29.9 Å². The van der Waals surface area contributed by atoms with Crippen molar-refractivity contribution >= 4 is 21.9 Å². The number of anilines is 1. The number of carbonyl (C=O) groups is 1. The molecule has 2 aromatic carbocycles. The smallest absolute Gasteiger partial charge is 0.322 e. The molecular weight excluding hydrogens is 467 g/mol. The van der Waals surface area contributed by atoms with E-state index in [1.54, 1.807) is 18.2 Å². The molecule has 1 N–H and O–H groups in total. The molecule has 0 spiro atoms. The topological polar surface area (TPSA) is 124 Å². The predicted octanol–water partition coefficient (Wildman–Crippen LogP) is 2.93. The Balaban J connectivity index is 1.39. The number of piperidine rings is 1. The Bertz CT molecular complexity index is 1270. The summed E-state index contributed by atoms with van der Waals surface area (Å²) in [5, 5.41) is 10.4. The number of carbonyl (C=O) groups excluding carboxylic acids is 1. The SMILES string of the molecule is COc1ccc(OC)c(-c2nnc(NC(=O)C3CCN(S(=O)(=O)c4ccc(F)cc4)CC3)o2)c1. The van der Waals surface area contributed by atoms with Crippen molar-refractivity contribution in [3.63, 3.8) is 0 Å². The van der Waals surface area contributed by atoms with E-state index in [0.717, 1.165) is 12.1 Å². The lowest BCUT2D eigenvalue weighted by molar-refractivity contribution is -0.121. The molecule has 0 aliphatic carbocycles. The van der Waals surface area contributed by atoms with Crippen LogP contribution in [0, 0.1) is 11.7 Å². The first kappa shape index (κ1) is 23.6. The van der Waals surface area contributed by atoms with E-state index in [9.17, 15) is 17.6 Å². The maximum absolute atomic E-state index is 13.1. The third kappa shape index (κ3) is 4.87. The number of ether oxygens (including phenoxy) is 2. The fourth-order valence-corrected chi connectivity index (χ4v) is 5.15. The van der Waals surface area contributed by atoms with Gasteiger partial charge < -0.3 is 13.9 Å². The van der Waals surface area contributed by atoms with Gasteiger partial charge in [0.2, 0.25) is 15.9 Å². The molecule has 1 saturated heterocycles. The summed E-state index contributed by atoms with van der Waals surface area (Å²) >= 11 is 0. The lowest BCUT2D eigenvalue weighted by Crippen LogP contribution is -2.41. The van der Waals surface area contributed by atoms with Crippen LogP contribution in [0.2, 0.25) is 0 Å². The van der Waals surface area contributed by atoms with E-state index in [1.807, 2.05) is 0 Å². The summed E-state index contributed by atoms with van der Waals surface area (Å²) < 4.78 is 56.0. The number of nitrogens with zero attached hydrogens (tertiary/aromatic N) is 3. The molecule has 0 bridgehead atoms. The van der Waals surface area contributed by atoms with Crippen molar-refractivity contribution in [3.05, 3.63) is 48.3 Å². The molecule has 2 heterocycles. The predicted molar refractivity (Wildman–Crippen MR) is 119 cm³/mol. The Morgan fingerprint density at radius 1 is 1.09 bits per heavy atom. The maximum atomic E-state index is 13.1. The van der Waals surface area contributed by atoms with E-state index >= 15 is 0 Å². The highest BCUT2D eigenvalue weighted by atomic mass is 32.2. The van der Waals surface area contributed by atoms with Gasteiger partial charge in [-0.15, -0.1) is 5.10 Å². The molecule has 0 unspecified atom stereocenters. The summed E-state index contributed by atoms with van der Waals surface area (Å²) in [6.45, 7) is 0.321. The standard InChI is InChI=1S/C22H23FN4O6S/c1-31-16-5-8-19(32-2)18(13-16)21-25-26-22(33-21)24-20(28)14-9-11-27(12-10-14)34(29,30)17-6-3-15(23)4-7-17/h3-8,13-14H,9-12H2,1-2H3,(H,24,26,28). The average molecular weight is 491 g/mol. The number of nitrogens with one attached hydrogen (secondary N) is 1. The van der Waals surface area contributed by atoms with Gasteiger partial charge in [0.25, 0.3) is 5.89 Å². The third-order valence-corrected chi connectivity index (χ3v) is 7.48. The van der Waals surface area contributed by atoms with Crippen molar-refractivity contribution in [3.8, 4) is 23.0 Å². The number of amides is 1. The Labute approximate surface area is 195 Å². The van der Waals surface area contributed by atoms with Crippen molar-refractivity contribution in [2.75, 3.05) is 32.6 Å². The van der Waals surface area contributed by atoms with Gasteiger partial charge in [-0.3, -0.25) is 10.1 Å². The van der Waals surface area contributed by atoms with Crippen molar-refractivity contribution in [1.29, 1.82) is 0 Å². The van der Waals surface area contributed by atoms with Gasteiger partial charge in [0, 0.05) is 19.0 Å². The summed E-state index contributed by atoms with van der Waals surface area (Å²) in [5.41, 5.74) is 0.508. The van der Waals surface area contributed by atoms with E-state index in [2.05, 4.69) is 15.5 Å². The molecule has 1 aliphatic rings. The van der Waals surface area contributed by atoms with E-state index in [1.165, 1.54) is 30.7 Å². The van der Waals surface area contributed by atoms with Crippen LogP contribution in [0.4, 0.5) is 10.4 Å². The van der Waals surface area contributed by atoms with E-state index in [4.69, 9.17) is 13.9 Å². The van der Waals surface area contributed by atoms with Crippen molar-refractivity contribution in [2.24, 2.45) is 5.92 Å². The number of benzene rings is 2. The van der Waals surface area contributed by atoms with Crippen LogP contribution in [0.15, 0.2) is 51.8 Å². The monoisotopic (exact) mass is 490 g/mol. The average Bonchev–Trinajstić information content (AvgIpc) is 3.32. The zero-order valence-corrected chi connectivity index (χ0v) is 19.3. The number of hydrogen-bond donors (Lipinski definition) is 1. The van der Waals surface area contributed by atoms with Crippen LogP contribution in [-0.2, 0) is 14.8 Å². The van der Waals surface area contributed by atoms with Crippen molar-refractivity contribution in [2.45, 2.75) is 17.7 Å². The van der Waals surface area contributed by atoms with Crippen LogP contribution in [0.5, 0.6) is 11.5 Å². The summed E-state index contributed by atoms with van der Waals surface area (Å²) in [7, 11) is -0.719. The first-order chi connectivity index (χ1) is 16.3. The molecular formula is C22H23FN4O6S. The summed E-state index contributed by atoms with van der Waals surface area (Å²) in [6, 6.07) is 9.69. The minimum Gasteiger partial charge on any atom is -0.497 e. The number of rotatable bonds is 7. The van der Waals surface area contributed by atoms with Gasteiger partial charge in [-0.2, -0.15) is 4.31 Å². The third-order valence-electron chi connectivity index (χ3n) is 5.57. The van der Waals surface area contributed by atoms with Crippen LogP contribution in [0.25, 0.3) is 11.5 Å². The molecule has 1 amide bonds. The van der Waals surface area contributed by atoms with Gasteiger partial charge >= 0.3 is 6.01 Å². The zero-order valence-electron chi connectivity index (χ0n) is 18.5. The first-order valence-corrected chi connectivity index (χ1v) is 11.9. The first-order valence-electron chi connectivity index (χ1n) is 10.4. The Kier molecular flexibility index (Phi) is 6.80. The van der Waals surface area contributed by atoms with Gasteiger partial charge in [0.05, 0.1) is 24.7 Å². The van der Waals surface area contributed by atoms with Gasteiger partial charge in [0.1, 0.15) is 17.3 Å². The van der Waals surface area contributed by atoms with Crippen LogP contribution >= 0.6 is 0 Å². The molecule has 180 valence electrons. The minimum absolute atomic E-state index is 0.0168. The molecule has 0 radical (unpaired) electrons. The second-order valence-corrected chi connectivity index (χ2v) is 9.54. The number of sulfonamides is 1. The highest BCUT2D eigenvalue weighted by Gasteiger charge is 2.32. The fraction of sp³-hybridized carbons (Fsp3) is 0.318. The maximum Gasteiger partial charge on any atom is 0.322 e. The van der Waals surface area contributed by atoms with Crippen molar-refractivity contribution < 1.29 is 31.5 Å². The summed E-state index contributed by atoms with van der Waals surface area (Å²) in [5.74, 6) is -0.0679. The number of hydrogen-bond acceptors (Lipinski definition) is 8. The highest BCUT2D eigenvalue weighted by Crippen LogP contribution is 2.33. The van der Waals surface area contributed by atoms with Crippen LogP contribution in [-0.4, -0.2) is 56.1 Å². The normalized spacial score (nSPS) is 15.1. The Morgan fingerprint density at radius 3 is 2.44 bits per heavy atom. The molecule has 4 rings (SSSR count). The van der Waals surface area contributed by atoms with Gasteiger partial charge in [-0.1, -0.05) is 5.10 Å². The molecule has 34 heavy (non-hydrogen) atoms. The number of aromatic nitrogens is 2. The quantitative estimate of drug-likeness (QED) is 0.536. The zero-order chi connectivity index (χ0) is 24.3. The summed E-state index contributed by atoms with van der Waals surface area (Å²) in [6.07, 6.45) is 0.633. The second-order valence-electron chi connectivity index (χ2n) is 7.60. The van der Waals surface area contributed by atoms with Crippen LogP contribution in [0.3, 0.4) is 0 Å².